The number of guanidine groups is 1. The second kappa shape index (κ2) is 8.20. The van der Waals surface area contributed by atoms with Crippen LogP contribution in [-0.4, -0.2) is 22.5 Å². The molecule has 0 fully saturated rings. The van der Waals surface area contributed by atoms with Gasteiger partial charge in [-0.3, -0.25) is 4.98 Å². The van der Waals surface area contributed by atoms with Gasteiger partial charge in [0.15, 0.2) is 5.96 Å². The molecule has 27 heavy (non-hydrogen) atoms. The predicted octanol–water partition coefficient (Wildman–Crippen LogP) is 3.78. The zero-order valence-corrected chi connectivity index (χ0v) is 16.4. The Labute approximate surface area is 160 Å². The molecular formula is C21H27N5O. The number of aromatic nitrogens is 2. The van der Waals surface area contributed by atoms with Gasteiger partial charge in [-0.1, -0.05) is 39.0 Å². The minimum atomic E-state index is -0.0494. The van der Waals surface area contributed by atoms with Crippen molar-refractivity contribution in [3.8, 4) is 0 Å². The Bertz CT molecular complexity index is 918. The highest BCUT2D eigenvalue weighted by atomic mass is 16.4. The molecule has 0 bridgehead atoms. The Morgan fingerprint density at radius 3 is 2.67 bits per heavy atom. The molecule has 0 aliphatic rings. The third-order valence-electron chi connectivity index (χ3n) is 4.19. The lowest BCUT2D eigenvalue weighted by Crippen LogP contribution is -2.36. The maximum atomic E-state index is 5.83. The van der Waals surface area contributed by atoms with Crippen LogP contribution in [0.4, 0.5) is 0 Å². The largest absolute Gasteiger partial charge is 0.443 e. The van der Waals surface area contributed by atoms with Gasteiger partial charge >= 0.3 is 0 Å². The average molecular weight is 365 g/mol. The highest BCUT2D eigenvalue weighted by Gasteiger charge is 2.19. The second-order valence-corrected chi connectivity index (χ2v) is 7.40. The number of nitrogens with zero attached hydrogens (tertiary/aromatic N) is 3. The maximum absolute atomic E-state index is 5.83. The molecule has 0 saturated heterocycles. The smallest absolute Gasteiger partial charge is 0.213 e. The number of aliphatic imine (C=N–C) groups is 1. The van der Waals surface area contributed by atoms with Crippen molar-refractivity contribution >= 4 is 16.9 Å². The number of para-hydroxylation sites is 1. The maximum Gasteiger partial charge on any atom is 0.213 e. The Morgan fingerprint density at radius 1 is 1.11 bits per heavy atom. The van der Waals surface area contributed by atoms with Crippen LogP contribution in [0.5, 0.6) is 0 Å². The first-order chi connectivity index (χ1) is 13.0. The number of fused-ring (bicyclic) bond motifs is 1. The van der Waals surface area contributed by atoms with E-state index in [2.05, 4.69) is 47.4 Å². The van der Waals surface area contributed by atoms with Crippen LogP contribution in [-0.2, 0) is 18.5 Å². The van der Waals surface area contributed by atoms with E-state index in [0.29, 0.717) is 19.0 Å². The molecule has 0 unspecified atom stereocenters. The normalized spacial score (nSPS) is 12.4. The van der Waals surface area contributed by atoms with E-state index >= 15 is 0 Å². The van der Waals surface area contributed by atoms with Gasteiger partial charge in [-0.25, -0.2) is 9.98 Å². The van der Waals surface area contributed by atoms with Crippen LogP contribution >= 0.6 is 0 Å². The van der Waals surface area contributed by atoms with Crippen molar-refractivity contribution in [2.24, 2.45) is 4.99 Å². The lowest BCUT2D eigenvalue weighted by atomic mass is 9.94. The number of rotatable bonds is 5. The van der Waals surface area contributed by atoms with E-state index in [1.807, 2.05) is 37.4 Å². The van der Waals surface area contributed by atoms with Crippen LogP contribution in [0.1, 0.15) is 44.9 Å². The Hall–Kier alpha value is -2.89. The van der Waals surface area contributed by atoms with E-state index in [9.17, 15) is 0 Å². The number of oxazole rings is 1. The molecule has 0 saturated carbocycles. The van der Waals surface area contributed by atoms with Gasteiger partial charge in [-0.15, -0.1) is 0 Å². The number of hydrogen-bond donors (Lipinski definition) is 2. The number of hydrogen-bond acceptors (Lipinski definition) is 4. The summed E-state index contributed by atoms with van der Waals surface area (Å²) in [6.45, 7) is 10.2. The fourth-order valence-electron chi connectivity index (χ4n) is 2.70. The Kier molecular flexibility index (Phi) is 5.74. The van der Waals surface area contributed by atoms with E-state index in [1.54, 1.807) is 6.20 Å². The Balaban J connectivity index is 1.70. The fourth-order valence-corrected chi connectivity index (χ4v) is 2.70. The van der Waals surface area contributed by atoms with Gasteiger partial charge in [0.1, 0.15) is 5.76 Å². The van der Waals surface area contributed by atoms with Gasteiger partial charge in [0.2, 0.25) is 5.89 Å². The lowest BCUT2D eigenvalue weighted by molar-refractivity contribution is 0.379. The van der Waals surface area contributed by atoms with E-state index in [0.717, 1.165) is 34.7 Å². The van der Waals surface area contributed by atoms with Crippen LogP contribution in [0, 0.1) is 0 Å². The van der Waals surface area contributed by atoms with Crippen molar-refractivity contribution in [2.45, 2.75) is 46.2 Å². The molecule has 0 amide bonds. The summed E-state index contributed by atoms with van der Waals surface area (Å²) in [6, 6.07) is 10.1. The quantitative estimate of drug-likeness (QED) is 0.532. The highest BCUT2D eigenvalue weighted by molar-refractivity contribution is 5.83. The minimum Gasteiger partial charge on any atom is -0.443 e. The van der Waals surface area contributed by atoms with E-state index in [4.69, 9.17) is 9.41 Å². The molecule has 0 aliphatic carbocycles. The standard InChI is InChI=1S/C21H27N5O/c1-5-22-20(26-14-19-24-13-18(27-19)21(2,3)4)25-12-15-10-11-23-17-9-7-6-8-16(15)17/h6-11,13H,5,12,14H2,1-4H3,(H2,22,25,26). The molecule has 6 nitrogen and oxygen atoms in total. The molecule has 0 radical (unpaired) electrons. The first-order valence-corrected chi connectivity index (χ1v) is 9.27. The SMILES string of the molecule is CCNC(=NCc1ccnc2ccccc12)NCc1ncc(C(C)(C)C)o1. The topological polar surface area (TPSA) is 75.3 Å². The summed E-state index contributed by atoms with van der Waals surface area (Å²) in [5.41, 5.74) is 2.08. The first-order valence-electron chi connectivity index (χ1n) is 9.27. The van der Waals surface area contributed by atoms with Gasteiger partial charge in [0.05, 0.1) is 24.8 Å². The van der Waals surface area contributed by atoms with Gasteiger partial charge in [-0.05, 0) is 24.6 Å². The highest BCUT2D eigenvalue weighted by Crippen LogP contribution is 2.22. The summed E-state index contributed by atoms with van der Waals surface area (Å²) in [4.78, 5) is 13.5. The summed E-state index contributed by atoms with van der Waals surface area (Å²) in [5, 5.41) is 7.68. The van der Waals surface area contributed by atoms with Crippen LogP contribution in [0.2, 0.25) is 0 Å². The van der Waals surface area contributed by atoms with Crippen molar-refractivity contribution in [3.05, 3.63) is 59.9 Å². The van der Waals surface area contributed by atoms with Gasteiger partial charge in [0.25, 0.3) is 0 Å². The molecule has 0 atom stereocenters. The first kappa shape index (κ1) is 18.9. The molecule has 1 aromatic carbocycles. The van der Waals surface area contributed by atoms with Crippen molar-refractivity contribution < 1.29 is 4.42 Å². The molecule has 0 spiro atoms. The summed E-state index contributed by atoms with van der Waals surface area (Å²) in [6.07, 6.45) is 3.62. The minimum absolute atomic E-state index is 0.0494. The van der Waals surface area contributed by atoms with Crippen LogP contribution < -0.4 is 10.6 Å². The van der Waals surface area contributed by atoms with Crippen molar-refractivity contribution in [2.75, 3.05) is 6.54 Å². The second-order valence-electron chi connectivity index (χ2n) is 7.40. The van der Waals surface area contributed by atoms with Gasteiger partial charge in [-0.2, -0.15) is 0 Å². The zero-order valence-electron chi connectivity index (χ0n) is 16.4. The Morgan fingerprint density at radius 2 is 1.93 bits per heavy atom. The average Bonchev–Trinajstić information content (AvgIpc) is 3.13. The van der Waals surface area contributed by atoms with Crippen molar-refractivity contribution in [1.82, 2.24) is 20.6 Å². The molecule has 2 heterocycles. The van der Waals surface area contributed by atoms with Crippen molar-refractivity contribution in [3.63, 3.8) is 0 Å². The third-order valence-corrected chi connectivity index (χ3v) is 4.19. The van der Waals surface area contributed by atoms with Crippen molar-refractivity contribution in [1.29, 1.82) is 0 Å². The van der Waals surface area contributed by atoms with Crippen LogP contribution in [0.25, 0.3) is 10.9 Å². The van der Waals surface area contributed by atoms with Crippen LogP contribution in [0.3, 0.4) is 0 Å². The fraction of sp³-hybridized carbons (Fsp3) is 0.381. The molecule has 2 N–H and O–H groups in total. The summed E-state index contributed by atoms with van der Waals surface area (Å²) < 4.78 is 5.83. The summed E-state index contributed by atoms with van der Waals surface area (Å²) in [7, 11) is 0. The summed E-state index contributed by atoms with van der Waals surface area (Å²) in [5.74, 6) is 2.26. The monoisotopic (exact) mass is 365 g/mol. The molecule has 3 aromatic rings. The molecule has 142 valence electrons. The van der Waals surface area contributed by atoms with E-state index in [-0.39, 0.29) is 5.41 Å². The molecule has 6 heteroatoms. The van der Waals surface area contributed by atoms with E-state index in [1.165, 1.54) is 0 Å². The number of benzene rings is 1. The lowest BCUT2D eigenvalue weighted by Gasteiger charge is -2.13. The molecule has 2 aromatic heterocycles. The zero-order chi connectivity index (χ0) is 19.3. The van der Waals surface area contributed by atoms with Gasteiger partial charge in [0, 0.05) is 23.5 Å². The predicted molar refractivity (Wildman–Crippen MR) is 109 cm³/mol. The van der Waals surface area contributed by atoms with E-state index < -0.39 is 0 Å². The molecule has 0 aliphatic heterocycles. The third kappa shape index (κ3) is 4.84. The summed E-state index contributed by atoms with van der Waals surface area (Å²) >= 11 is 0. The molecular weight excluding hydrogens is 338 g/mol. The molecule has 3 rings (SSSR count). The number of nitrogens with one attached hydrogen (secondary N) is 2. The van der Waals surface area contributed by atoms with Gasteiger partial charge < -0.3 is 15.1 Å². The van der Waals surface area contributed by atoms with Crippen LogP contribution in [0.15, 0.2) is 52.1 Å². The number of pyridine rings is 1.